The highest BCUT2D eigenvalue weighted by molar-refractivity contribution is 6.31. The minimum Gasteiger partial charge on any atom is -0.289 e. The molecule has 3 rings (SSSR count). The molecule has 0 aromatic heterocycles. The van der Waals surface area contributed by atoms with E-state index in [1.807, 2.05) is 6.07 Å². The molecule has 0 heterocycles. The summed E-state index contributed by atoms with van der Waals surface area (Å²) < 4.78 is 80.1. The van der Waals surface area contributed by atoms with Gasteiger partial charge in [-0.1, -0.05) is 35.9 Å². The molecule has 2 nitrogen and oxygen atoms in total. The maximum absolute atomic E-state index is 13.7. The van der Waals surface area contributed by atoms with Gasteiger partial charge in [0.2, 0.25) is 0 Å². The summed E-state index contributed by atoms with van der Waals surface area (Å²) in [5.74, 6) is -1.08. The van der Waals surface area contributed by atoms with Crippen LogP contribution in [-0.4, -0.2) is 12.0 Å². The summed E-state index contributed by atoms with van der Waals surface area (Å²) in [6.45, 7) is 0. The average Bonchev–Trinajstić information content (AvgIpc) is 2.69. The zero-order chi connectivity index (χ0) is 23.0. The lowest BCUT2D eigenvalue weighted by Crippen LogP contribution is -2.14. The molecule has 9 heteroatoms. The minimum atomic E-state index is -5.13. The van der Waals surface area contributed by atoms with E-state index in [4.69, 9.17) is 11.6 Å². The number of carbonyl (C=O) groups excluding carboxylic acids is 1. The van der Waals surface area contributed by atoms with Crippen LogP contribution in [0.1, 0.15) is 27.0 Å². The molecular weight excluding hydrogens is 444 g/mol. The Hall–Kier alpha value is -3.31. The highest BCUT2D eigenvalue weighted by atomic mass is 35.5. The van der Waals surface area contributed by atoms with E-state index in [-0.39, 0.29) is 28.7 Å². The zero-order valence-corrected chi connectivity index (χ0v) is 16.0. The Kier molecular flexibility index (Phi) is 5.83. The Bertz CT molecular complexity index is 1250. The fourth-order valence-corrected chi connectivity index (χ4v) is 3.29. The number of hydrogen-bond acceptors (Lipinski definition) is 2. The molecule has 0 aliphatic rings. The number of hydrogen-bond donors (Lipinski definition) is 0. The number of nitrogens with zero attached hydrogens (tertiary/aromatic N) is 1. The van der Waals surface area contributed by atoms with E-state index in [2.05, 4.69) is 0 Å². The van der Waals surface area contributed by atoms with Crippen molar-refractivity contribution in [2.75, 3.05) is 0 Å². The Balaban J connectivity index is 2.20. The number of fused-ring (bicyclic) bond motifs is 1. The van der Waals surface area contributed by atoms with Gasteiger partial charge in [-0.2, -0.15) is 31.6 Å². The van der Waals surface area contributed by atoms with E-state index < -0.39 is 39.9 Å². The van der Waals surface area contributed by atoms with Crippen LogP contribution < -0.4 is 0 Å². The van der Waals surface area contributed by atoms with Gasteiger partial charge in [-0.25, -0.2) is 0 Å². The van der Waals surface area contributed by atoms with Gasteiger partial charge in [0.25, 0.3) is 0 Å². The van der Waals surface area contributed by atoms with Crippen LogP contribution in [0, 0.1) is 11.3 Å². The average molecular weight is 454 g/mol. The number of ketones is 1. The fraction of sp³-hybridized carbons (Fsp3) is 0.0909. The van der Waals surface area contributed by atoms with Crippen molar-refractivity contribution < 1.29 is 31.1 Å². The van der Waals surface area contributed by atoms with Gasteiger partial charge in [0.15, 0.2) is 5.78 Å². The third-order valence-electron chi connectivity index (χ3n) is 4.43. The zero-order valence-electron chi connectivity index (χ0n) is 15.3. The molecule has 0 unspecified atom stereocenters. The third-order valence-corrected chi connectivity index (χ3v) is 4.65. The first-order valence-corrected chi connectivity index (χ1v) is 8.93. The van der Waals surface area contributed by atoms with Gasteiger partial charge in [-0.3, -0.25) is 4.79 Å². The molecule has 0 N–H and O–H groups in total. The van der Waals surface area contributed by atoms with Crippen molar-refractivity contribution in [3.63, 3.8) is 0 Å². The number of rotatable bonds is 3. The summed E-state index contributed by atoms with van der Waals surface area (Å²) in [5.41, 5.74) is -3.75. The Morgan fingerprint density at radius 2 is 1.58 bits per heavy atom. The van der Waals surface area contributed by atoms with Crippen molar-refractivity contribution in [3.05, 3.63) is 87.9 Å². The summed E-state index contributed by atoms with van der Waals surface area (Å²) in [4.78, 5) is 12.7. The molecule has 0 radical (unpaired) electrons. The maximum atomic E-state index is 13.7. The SMILES string of the molecule is N#Cc1ccc(C(=O)C=C(c2cc(Cl)cc(C(F)(F)F)c2)C(F)(F)F)c2ccccc12. The molecular formula is C22H10ClF6NO. The van der Waals surface area contributed by atoms with E-state index in [0.29, 0.717) is 17.5 Å². The normalized spacial score (nSPS) is 12.6. The second-order valence-electron chi connectivity index (χ2n) is 6.46. The molecule has 158 valence electrons. The topological polar surface area (TPSA) is 40.9 Å². The van der Waals surface area contributed by atoms with Gasteiger partial charge < -0.3 is 0 Å². The summed E-state index contributed by atoms with van der Waals surface area (Å²) in [5, 5.41) is 9.23. The van der Waals surface area contributed by atoms with Crippen LogP contribution in [-0.2, 0) is 6.18 Å². The van der Waals surface area contributed by atoms with Gasteiger partial charge in [0.05, 0.1) is 22.8 Å². The predicted molar refractivity (Wildman–Crippen MR) is 103 cm³/mol. The monoisotopic (exact) mass is 453 g/mol. The quantitative estimate of drug-likeness (QED) is 0.239. The first kappa shape index (κ1) is 22.4. The van der Waals surface area contributed by atoms with Crippen LogP contribution in [0.3, 0.4) is 0 Å². The molecule has 0 bridgehead atoms. The largest absolute Gasteiger partial charge is 0.417 e. The molecule has 0 aliphatic heterocycles. The predicted octanol–water partition coefficient (Wildman–Crippen LogP) is 7.21. The van der Waals surface area contributed by atoms with Crippen LogP contribution in [0.15, 0.2) is 60.7 Å². The fourth-order valence-electron chi connectivity index (χ4n) is 3.06. The summed E-state index contributed by atoms with van der Waals surface area (Å²) >= 11 is 5.61. The van der Waals surface area contributed by atoms with Crippen molar-refractivity contribution in [1.82, 2.24) is 0 Å². The van der Waals surface area contributed by atoms with Crippen molar-refractivity contribution in [1.29, 1.82) is 5.26 Å². The van der Waals surface area contributed by atoms with Crippen LogP contribution in [0.4, 0.5) is 26.3 Å². The van der Waals surface area contributed by atoms with Crippen LogP contribution >= 0.6 is 11.6 Å². The molecule has 0 fully saturated rings. The van der Waals surface area contributed by atoms with Gasteiger partial charge in [-0.15, -0.1) is 0 Å². The number of halogens is 7. The maximum Gasteiger partial charge on any atom is 0.417 e. The summed E-state index contributed by atoms with van der Waals surface area (Å²) in [7, 11) is 0. The van der Waals surface area contributed by atoms with Crippen LogP contribution in [0.25, 0.3) is 16.3 Å². The smallest absolute Gasteiger partial charge is 0.289 e. The Labute approximate surface area is 177 Å². The minimum absolute atomic E-state index is 0.130. The molecule has 0 amide bonds. The molecule has 3 aromatic carbocycles. The molecule has 0 saturated heterocycles. The molecule has 31 heavy (non-hydrogen) atoms. The van der Waals surface area contributed by atoms with E-state index >= 15 is 0 Å². The van der Waals surface area contributed by atoms with Gasteiger partial charge in [0, 0.05) is 16.0 Å². The summed E-state index contributed by atoms with van der Waals surface area (Å²) in [6, 6.07) is 12.0. The van der Waals surface area contributed by atoms with E-state index in [9.17, 15) is 36.4 Å². The Morgan fingerprint density at radius 1 is 0.935 bits per heavy atom. The lowest BCUT2D eigenvalue weighted by Gasteiger charge is -2.15. The molecule has 0 saturated carbocycles. The lowest BCUT2D eigenvalue weighted by atomic mass is 9.95. The Morgan fingerprint density at radius 3 is 2.16 bits per heavy atom. The first-order valence-electron chi connectivity index (χ1n) is 8.55. The molecule has 0 atom stereocenters. The van der Waals surface area contributed by atoms with Gasteiger partial charge >= 0.3 is 12.4 Å². The van der Waals surface area contributed by atoms with E-state index in [1.165, 1.54) is 24.3 Å². The highest BCUT2D eigenvalue weighted by Gasteiger charge is 2.38. The summed E-state index contributed by atoms with van der Waals surface area (Å²) in [6.07, 6.45) is -9.82. The second-order valence-corrected chi connectivity index (χ2v) is 6.90. The van der Waals surface area contributed by atoms with E-state index in [1.54, 1.807) is 12.1 Å². The number of benzene rings is 3. The number of alkyl halides is 6. The van der Waals surface area contributed by atoms with Crippen molar-refractivity contribution in [2.24, 2.45) is 0 Å². The van der Waals surface area contributed by atoms with Crippen molar-refractivity contribution in [2.45, 2.75) is 12.4 Å². The third kappa shape index (κ3) is 4.72. The standard InChI is InChI=1S/C22H10ClF6NO/c23-15-8-13(7-14(9-15)21(24,25)26)19(22(27,28)29)10-20(31)18-6-5-12(11-30)16-3-1-2-4-17(16)18/h1-10H. The van der Waals surface area contributed by atoms with Gasteiger partial charge in [-0.05, 0) is 47.4 Å². The molecule has 0 spiro atoms. The highest BCUT2D eigenvalue weighted by Crippen LogP contribution is 2.39. The van der Waals surface area contributed by atoms with Gasteiger partial charge in [0.1, 0.15) is 0 Å². The van der Waals surface area contributed by atoms with Crippen LogP contribution in [0.5, 0.6) is 0 Å². The van der Waals surface area contributed by atoms with Crippen molar-refractivity contribution in [3.8, 4) is 6.07 Å². The van der Waals surface area contributed by atoms with Crippen LogP contribution in [0.2, 0.25) is 5.02 Å². The lowest BCUT2D eigenvalue weighted by molar-refractivity contribution is -0.137. The second kappa shape index (κ2) is 8.08. The van der Waals surface area contributed by atoms with E-state index in [0.717, 1.165) is 0 Å². The number of allylic oxidation sites excluding steroid dienone is 2. The number of carbonyl (C=O) groups is 1. The number of nitriles is 1. The first-order chi connectivity index (χ1) is 14.4. The van der Waals surface area contributed by atoms with Crippen molar-refractivity contribution >= 4 is 33.7 Å². The molecule has 0 aliphatic carbocycles. The molecule has 3 aromatic rings.